The number of pyridine rings is 1. The average Bonchev–Trinajstić information content (AvgIpc) is 2.47. The third-order valence-corrected chi connectivity index (χ3v) is 3.52. The molecule has 2 aromatic rings. The first kappa shape index (κ1) is 14.1. The molecule has 1 heterocycles. The van der Waals surface area contributed by atoms with Crippen LogP contribution in [0.3, 0.4) is 0 Å². The molecule has 0 spiro atoms. The van der Waals surface area contributed by atoms with E-state index in [9.17, 15) is 9.90 Å². The molecule has 1 aromatic heterocycles. The van der Waals surface area contributed by atoms with Gasteiger partial charge in [-0.3, -0.25) is 9.78 Å². The number of hydrogen-bond donors (Lipinski definition) is 1. The molecule has 1 atom stereocenters. The monoisotopic (exact) mass is 271 g/mol. The zero-order valence-electron chi connectivity index (χ0n) is 11.5. The molecule has 0 aliphatic carbocycles. The number of rotatable bonds is 5. The van der Waals surface area contributed by atoms with Crippen molar-refractivity contribution in [3.05, 3.63) is 54.4 Å². The summed E-state index contributed by atoms with van der Waals surface area (Å²) >= 11 is 0. The van der Waals surface area contributed by atoms with Crippen molar-refractivity contribution >= 4 is 5.97 Å². The Labute approximate surface area is 118 Å². The Hall–Kier alpha value is -2.36. The molecule has 0 amide bonds. The predicted octanol–water partition coefficient (Wildman–Crippen LogP) is 3.63. The molecule has 0 radical (unpaired) electrons. The number of aromatic nitrogens is 1. The zero-order valence-corrected chi connectivity index (χ0v) is 11.5. The van der Waals surface area contributed by atoms with Crippen LogP contribution in [0.15, 0.2) is 48.8 Å². The molecule has 0 aliphatic rings. The summed E-state index contributed by atoms with van der Waals surface area (Å²) in [5.41, 5.74) is -0.178. The molecule has 0 aliphatic heterocycles. The molecule has 104 valence electrons. The molecular weight excluding hydrogens is 254 g/mol. The molecule has 0 saturated carbocycles. The predicted molar refractivity (Wildman–Crippen MR) is 76.0 cm³/mol. The Balaban J connectivity index is 2.31. The van der Waals surface area contributed by atoms with Crippen LogP contribution in [0.4, 0.5) is 0 Å². The number of aliphatic carboxylic acids is 1. The molecule has 4 heteroatoms. The van der Waals surface area contributed by atoms with Crippen molar-refractivity contribution in [2.75, 3.05) is 0 Å². The van der Waals surface area contributed by atoms with Crippen molar-refractivity contribution in [3.8, 4) is 11.5 Å². The van der Waals surface area contributed by atoms with Crippen LogP contribution in [0.25, 0.3) is 0 Å². The highest BCUT2D eigenvalue weighted by Gasteiger charge is 2.33. The minimum Gasteiger partial charge on any atom is -0.481 e. The summed E-state index contributed by atoms with van der Waals surface area (Å²) in [5.74, 6) is 0.396. The summed E-state index contributed by atoms with van der Waals surface area (Å²) in [4.78, 5) is 15.4. The van der Waals surface area contributed by atoms with Crippen LogP contribution in [-0.2, 0) is 10.2 Å². The van der Waals surface area contributed by atoms with Gasteiger partial charge in [-0.05, 0) is 43.2 Å². The first-order chi connectivity index (χ1) is 9.56. The average molecular weight is 271 g/mol. The number of carboxylic acid groups (broad SMARTS) is 1. The van der Waals surface area contributed by atoms with E-state index >= 15 is 0 Å². The van der Waals surface area contributed by atoms with Crippen LogP contribution >= 0.6 is 0 Å². The van der Waals surface area contributed by atoms with E-state index in [0.29, 0.717) is 17.9 Å². The van der Waals surface area contributed by atoms with Crippen LogP contribution in [0.2, 0.25) is 0 Å². The number of ether oxygens (including phenoxy) is 1. The molecule has 4 nitrogen and oxygen atoms in total. The van der Waals surface area contributed by atoms with Crippen LogP contribution in [0.1, 0.15) is 25.8 Å². The topological polar surface area (TPSA) is 59.4 Å². The van der Waals surface area contributed by atoms with E-state index in [2.05, 4.69) is 4.98 Å². The summed E-state index contributed by atoms with van der Waals surface area (Å²) in [6, 6.07) is 10.8. The van der Waals surface area contributed by atoms with Crippen molar-refractivity contribution in [2.45, 2.75) is 25.7 Å². The first-order valence-electron chi connectivity index (χ1n) is 6.48. The molecule has 0 saturated heterocycles. The Morgan fingerprint density at radius 1 is 1.30 bits per heavy atom. The van der Waals surface area contributed by atoms with E-state index in [4.69, 9.17) is 4.74 Å². The molecule has 1 unspecified atom stereocenters. The third kappa shape index (κ3) is 2.79. The van der Waals surface area contributed by atoms with Crippen LogP contribution in [0, 0.1) is 0 Å². The summed E-state index contributed by atoms with van der Waals surface area (Å²) in [7, 11) is 0. The van der Waals surface area contributed by atoms with Crippen molar-refractivity contribution in [2.24, 2.45) is 0 Å². The van der Waals surface area contributed by atoms with E-state index in [1.54, 1.807) is 49.6 Å². The molecular formula is C16H17NO3. The summed E-state index contributed by atoms with van der Waals surface area (Å²) in [5, 5.41) is 9.42. The van der Waals surface area contributed by atoms with E-state index in [1.807, 2.05) is 13.0 Å². The largest absolute Gasteiger partial charge is 0.481 e. The fourth-order valence-electron chi connectivity index (χ4n) is 1.93. The smallest absolute Gasteiger partial charge is 0.313 e. The van der Waals surface area contributed by atoms with Gasteiger partial charge >= 0.3 is 5.97 Å². The summed E-state index contributed by atoms with van der Waals surface area (Å²) in [6.07, 6.45) is 3.80. The first-order valence-corrected chi connectivity index (χ1v) is 6.48. The maximum atomic E-state index is 11.5. The van der Waals surface area contributed by atoms with Crippen LogP contribution in [0.5, 0.6) is 11.5 Å². The van der Waals surface area contributed by atoms with Crippen molar-refractivity contribution in [3.63, 3.8) is 0 Å². The summed E-state index contributed by atoms with van der Waals surface area (Å²) < 4.78 is 5.68. The van der Waals surface area contributed by atoms with Gasteiger partial charge in [0, 0.05) is 6.20 Å². The van der Waals surface area contributed by atoms with Crippen molar-refractivity contribution in [1.82, 2.24) is 4.98 Å². The zero-order chi connectivity index (χ0) is 14.6. The highest BCUT2D eigenvalue weighted by Crippen LogP contribution is 2.31. The molecule has 0 fully saturated rings. The maximum Gasteiger partial charge on any atom is 0.313 e. The van der Waals surface area contributed by atoms with Gasteiger partial charge in [0.05, 0.1) is 11.6 Å². The lowest BCUT2D eigenvalue weighted by molar-refractivity contribution is -0.143. The Bertz CT molecular complexity index is 598. The second kappa shape index (κ2) is 5.74. The number of carbonyl (C=O) groups is 1. The van der Waals surface area contributed by atoms with Gasteiger partial charge in [-0.25, -0.2) is 0 Å². The van der Waals surface area contributed by atoms with Gasteiger partial charge in [0.15, 0.2) is 0 Å². The fraction of sp³-hybridized carbons (Fsp3) is 0.250. The fourth-order valence-corrected chi connectivity index (χ4v) is 1.93. The quantitative estimate of drug-likeness (QED) is 0.902. The van der Waals surface area contributed by atoms with Gasteiger partial charge in [-0.2, -0.15) is 0 Å². The van der Waals surface area contributed by atoms with E-state index in [0.717, 1.165) is 5.56 Å². The van der Waals surface area contributed by atoms with Gasteiger partial charge in [0.25, 0.3) is 0 Å². The Kier molecular flexibility index (Phi) is 4.03. The minimum absolute atomic E-state index is 0.513. The lowest BCUT2D eigenvalue weighted by Crippen LogP contribution is -2.31. The SMILES string of the molecule is CCC(C)(C(=O)O)c1cccc(Oc2cccnc2)c1. The number of nitrogens with zero attached hydrogens (tertiary/aromatic N) is 1. The normalized spacial score (nSPS) is 13.5. The second-order valence-corrected chi connectivity index (χ2v) is 4.81. The van der Waals surface area contributed by atoms with E-state index in [-0.39, 0.29) is 0 Å². The molecule has 0 bridgehead atoms. The highest BCUT2D eigenvalue weighted by molar-refractivity contribution is 5.80. The minimum atomic E-state index is -0.908. The standard InChI is InChI=1S/C16H17NO3/c1-3-16(2,15(18)19)12-6-4-7-13(10-12)20-14-8-5-9-17-11-14/h4-11H,3H2,1-2H3,(H,18,19). The maximum absolute atomic E-state index is 11.5. The van der Waals surface area contributed by atoms with E-state index < -0.39 is 11.4 Å². The molecule has 20 heavy (non-hydrogen) atoms. The highest BCUT2D eigenvalue weighted by atomic mass is 16.5. The summed E-state index contributed by atoms with van der Waals surface area (Å²) in [6.45, 7) is 3.58. The lowest BCUT2D eigenvalue weighted by Gasteiger charge is -2.24. The molecule has 1 N–H and O–H groups in total. The van der Waals surface area contributed by atoms with Gasteiger partial charge in [-0.15, -0.1) is 0 Å². The molecule has 2 rings (SSSR count). The lowest BCUT2D eigenvalue weighted by atomic mass is 9.80. The number of hydrogen-bond acceptors (Lipinski definition) is 3. The Morgan fingerprint density at radius 2 is 2.05 bits per heavy atom. The van der Waals surface area contributed by atoms with Crippen molar-refractivity contribution in [1.29, 1.82) is 0 Å². The molecule has 1 aromatic carbocycles. The van der Waals surface area contributed by atoms with Gasteiger partial charge in [0.2, 0.25) is 0 Å². The third-order valence-electron chi connectivity index (χ3n) is 3.52. The Morgan fingerprint density at radius 3 is 2.65 bits per heavy atom. The van der Waals surface area contributed by atoms with Crippen LogP contribution < -0.4 is 4.74 Å². The number of benzene rings is 1. The van der Waals surface area contributed by atoms with Gasteiger partial charge in [-0.1, -0.05) is 19.1 Å². The van der Waals surface area contributed by atoms with E-state index in [1.165, 1.54) is 0 Å². The van der Waals surface area contributed by atoms with Crippen molar-refractivity contribution < 1.29 is 14.6 Å². The second-order valence-electron chi connectivity index (χ2n) is 4.81. The van der Waals surface area contributed by atoms with Gasteiger partial charge < -0.3 is 9.84 Å². The van der Waals surface area contributed by atoms with Crippen LogP contribution in [-0.4, -0.2) is 16.1 Å². The van der Waals surface area contributed by atoms with Gasteiger partial charge in [0.1, 0.15) is 11.5 Å². The number of carboxylic acids is 1.